The number of hydrogen-bond acceptors (Lipinski definition) is 4. The van der Waals surface area contributed by atoms with Gasteiger partial charge in [0.2, 0.25) is 5.91 Å². The first-order chi connectivity index (χ1) is 14.3. The van der Waals surface area contributed by atoms with Gasteiger partial charge in [-0.15, -0.1) is 24.0 Å². The predicted molar refractivity (Wildman–Crippen MR) is 122 cm³/mol. The van der Waals surface area contributed by atoms with Crippen molar-refractivity contribution in [1.82, 2.24) is 29.8 Å². The standard InChI is InChI=1S/C19H30F3N7O.HI/c1-3-23-18(24-12-15-13-26(2)25-17(15)19(20,21)22)29-10-8-27(9-11-29)14-16(30)28-6-4-5-7-28;/h13H,3-12,14H2,1-2H3,(H,23,24);1H. The first-order valence-corrected chi connectivity index (χ1v) is 10.4. The first-order valence-electron chi connectivity index (χ1n) is 10.4. The van der Waals surface area contributed by atoms with Crippen molar-refractivity contribution < 1.29 is 18.0 Å². The monoisotopic (exact) mass is 557 g/mol. The minimum atomic E-state index is -4.50. The lowest BCUT2D eigenvalue weighted by atomic mass is 10.2. The molecule has 2 aliphatic heterocycles. The van der Waals surface area contributed by atoms with Crippen LogP contribution in [0.15, 0.2) is 11.2 Å². The zero-order valence-electron chi connectivity index (χ0n) is 18.0. The highest BCUT2D eigenvalue weighted by atomic mass is 127. The number of piperazine rings is 1. The number of likely N-dealkylation sites (tertiary alicyclic amines) is 1. The van der Waals surface area contributed by atoms with E-state index in [1.807, 2.05) is 16.7 Å². The molecule has 0 unspecified atom stereocenters. The van der Waals surface area contributed by atoms with Crippen molar-refractivity contribution in [1.29, 1.82) is 0 Å². The fourth-order valence-corrected chi connectivity index (χ4v) is 3.85. The Morgan fingerprint density at radius 2 is 1.77 bits per heavy atom. The van der Waals surface area contributed by atoms with Crippen LogP contribution in [0.3, 0.4) is 0 Å². The third-order valence-electron chi connectivity index (χ3n) is 5.40. The molecule has 31 heavy (non-hydrogen) atoms. The molecule has 2 aliphatic rings. The molecule has 2 saturated heterocycles. The van der Waals surface area contributed by atoms with Crippen molar-refractivity contribution in [3.63, 3.8) is 0 Å². The molecule has 0 aliphatic carbocycles. The van der Waals surface area contributed by atoms with Gasteiger partial charge in [-0.1, -0.05) is 0 Å². The number of aromatic nitrogens is 2. The number of rotatable bonds is 5. The molecule has 2 fully saturated rings. The van der Waals surface area contributed by atoms with E-state index in [2.05, 4.69) is 20.3 Å². The Labute approximate surface area is 197 Å². The Kier molecular flexibility index (Phi) is 9.40. The molecule has 176 valence electrons. The van der Waals surface area contributed by atoms with Gasteiger partial charge in [0.1, 0.15) is 0 Å². The van der Waals surface area contributed by atoms with E-state index in [0.29, 0.717) is 45.2 Å². The third kappa shape index (κ3) is 6.96. The van der Waals surface area contributed by atoms with Crippen LogP contribution in [0.2, 0.25) is 0 Å². The van der Waals surface area contributed by atoms with Crippen molar-refractivity contribution in [2.24, 2.45) is 12.0 Å². The summed E-state index contributed by atoms with van der Waals surface area (Å²) in [7, 11) is 1.47. The molecule has 3 rings (SSSR count). The van der Waals surface area contributed by atoms with Crippen LogP contribution in [-0.4, -0.2) is 88.7 Å². The molecule has 12 heteroatoms. The minimum Gasteiger partial charge on any atom is -0.357 e. The summed E-state index contributed by atoms with van der Waals surface area (Å²) in [6, 6.07) is 0. The van der Waals surface area contributed by atoms with Gasteiger partial charge in [-0.3, -0.25) is 14.4 Å². The molecule has 0 aromatic carbocycles. The summed E-state index contributed by atoms with van der Waals surface area (Å²) in [6.45, 7) is 7.32. The molecule has 0 spiro atoms. The number of aliphatic imine (C=N–C) groups is 1. The van der Waals surface area contributed by atoms with Gasteiger partial charge in [0.15, 0.2) is 11.7 Å². The first kappa shape index (κ1) is 25.7. The van der Waals surface area contributed by atoms with E-state index in [1.54, 1.807) is 0 Å². The minimum absolute atomic E-state index is 0. The highest BCUT2D eigenvalue weighted by molar-refractivity contribution is 14.0. The summed E-state index contributed by atoms with van der Waals surface area (Å²) in [6.07, 6.45) is -0.986. The molecule has 0 bridgehead atoms. The van der Waals surface area contributed by atoms with Gasteiger partial charge in [-0.2, -0.15) is 18.3 Å². The van der Waals surface area contributed by atoms with Crippen LogP contribution in [-0.2, 0) is 24.6 Å². The quantitative estimate of drug-likeness (QED) is 0.340. The lowest BCUT2D eigenvalue weighted by Crippen LogP contribution is -2.54. The van der Waals surface area contributed by atoms with E-state index in [-0.39, 0.29) is 42.0 Å². The van der Waals surface area contributed by atoms with Crippen molar-refractivity contribution in [2.45, 2.75) is 32.5 Å². The van der Waals surface area contributed by atoms with Crippen molar-refractivity contribution in [2.75, 3.05) is 52.4 Å². The second kappa shape index (κ2) is 11.3. The Morgan fingerprint density at radius 3 is 2.35 bits per heavy atom. The number of carbonyl (C=O) groups excluding carboxylic acids is 1. The summed E-state index contributed by atoms with van der Waals surface area (Å²) in [4.78, 5) is 22.8. The molecular weight excluding hydrogens is 526 g/mol. The summed E-state index contributed by atoms with van der Waals surface area (Å²) in [5, 5.41) is 6.70. The summed E-state index contributed by atoms with van der Waals surface area (Å²) < 4.78 is 40.6. The third-order valence-corrected chi connectivity index (χ3v) is 5.40. The van der Waals surface area contributed by atoms with Crippen LogP contribution >= 0.6 is 24.0 Å². The Hall–Kier alpha value is -1.57. The number of hydrogen-bond donors (Lipinski definition) is 1. The van der Waals surface area contributed by atoms with E-state index >= 15 is 0 Å². The van der Waals surface area contributed by atoms with Crippen LogP contribution < -0.4 is 5.32 Å². The number of guanidine groups is 1. The number of carbonyl (C=O) groups is 1. The second-order valence-corrected chi connectivity index (χ2v) is 7.70. The zero-order valence-corrected chi connectivity index (χ0v) is 20.3. The fraction of sp³-hybridized carbons (Fsp3) is 0.737. The Morgan fingerprint density at radius 1 is 1.13 bits per heavy atom. The van der Waals surface area contributed by atoms with E-state index < -0.39 is 11.9 Å². The van der Waals surface area contributed by atoms with Gasteiger partial charge in [0, 0.05) is 64.6 Å². The number of alkyl halides is 3. The Balaban J connectivity index is 0.00000341. The molecule has 8 nitrogen and oxygen atoms in total. The molecule has 1 aromatic heterocycles. The van der Waals surface area contributed by atoms with Gasteiger partial charge in [-0.25, -0.2) is 4.99 Å². The average Bonchev–Trinajstić information content (AvgIpc) is 3.35. The highest BCUT2D eigenvalue weighted by Gasteiger charge is 2.36. The maximum Gasteiger partial charge on any atom is 0.435 e. The molecule has 3 heterocycles. The summed E-state index contributed by atoms with van der Waals surface area (Å²) in [5.74, 6) is 0.762. The van der Waals surface area contributed by atoms with Crippen LogP contribution in [0.25, 0.3) is 0 Å². The van der Waals surface area contributed by atoms with Gasteiger partial charge in [0.05, 0.1) is 13.1 Å². The predicted octanol–water partition coefficient (Wildman–Crippen LogP) is 1.76. The summed E-state index contributed by atoms with van der Waals surface area (Å²) >= 11 is 0. The SMILES string of the molecule is CCNC(=NCc1cn(C)nc1C(F)(F)F)N1CCN(CC(=O)N2CCCC2)CC1.I. The largest absolute Gasteiger partial charge is 0.435 e. The van der Waals surface area contributed by atoms with E-state index in [0.717, 1.165) is 30.6 Å². The van der Waals surface area contributed by atoms with Crippen LogP contribution in [0.4, 0.5) is 13.2 Å². The highest BCUT2D eigenvalue weighted by Crippen LogP contribution is 2.30. The maximum absolute atomic E-state index is 13.2. The van der Waals surface area contributed by atoms with Crippen LogP contribution in [0.5, 0.6) is 0 Å². The van der Waals surface area contributed by atoms with Crippen LogP contribution in [0.1, 0.15) is 31.0 Å². The normalized spacial score (nSPS) is 18.3. The molecule has 0 radical (unpaired) electrons. The lowest BCUT2D eigenvalue weighted by Gasteiger charge is -2.36. The fourth-order valence-electron chi connectivity index (χ4n) is 3.85. The number of nitrogens with zero attached hydrogens (tertiary/aromatic N) is 6. The van der Waals surface area contributed by atoms with Gasteiger partial charge >= 0.3 is 6.18 Å². The molecule has 1 N–H and O–H groups in total. The van der Waals surface area contributed by atoms with Gasteiger partial charge in [0.25, 0.3) is 0 Å². The number of nitrogens with one attached hydrogen (secondary N) is 1. The number of amides is 1. The van der Waals surface area contributed by atoms with Gasteiger partial charge in [-0.05, 0) is 19.8 Å². The zero-order chi connectivity index (χ0) is 21.7. The van der Waals surface area contributed by atoms with Gasteiger partial charge < -0.3 is 15.1 Å². The molecule has 0 atom stereocenters. The van der Waals surface area contributed by atoms with Crippen molar-refractivity contribution in [3.8, 4) is 0 Å². The van der Waals surface area contributed by atoms with Crippen LogP contribution in [0, 0.1) is 0 Å². The van der Waals surface area contributed by atoms with Crippen molar-refractivity contribution in [3.05, 3.63) is 17.5 Å². The smallest absolute Gasteiger partial charge is 0.357 e. The van der Waals surface area contributed by atoms with E-state index in [4.69, 9.17) is 0 Å². The molecule has 1 amide bonds. The van der Waals surface area contributed by atoms with E-state index in [1.165, 1.54) is 13.2 Å². The number of aryl methyl sites for hydroxylation is 1. The van der Waals surface area contributed by atoms with Crippen molar-refractivity contribution >= 4 is 35.8 Å². The molecule has 1 aromatic rings. The molecule has 0 saturated carbocycles. The topological polar surface area (TPSA) is 69.0 Å². The second-order valence-electron chi connectivity index (χ2n) is 7.70. The summed E-state index contributed by atoms with van der Waals surface area (Å²) in [5.41, 5.74) is -0.843. The van der Waals surface area contributed by atoms with E-state index in [9.17, 15) is 18.0 Å². The number of halogens is 4. The maximum atomic E-state index is 13.2. The average molecular weight is 557 g/mol. The molecular formula is C19H31F3IN7O. The lowest BCUT2D eigenvalue weighted by molar-refractivity contribution is -0.142. The Bertz CT molecular complexity index is 754.